The van der Waals surface area contributed by atoms with Crippen LogP contribution in [0, 0.1) is 0 Å². The molecule has 2 rings (SSSR count). The van der Waals surface area contributed by atoms with Gasteiger partial charge in [0.1, 0.15) is 0 Å². The average molecular weight is 241 g/mol. The molecule has 0 heterocycles. The van der Waals surface area contributed by atoms with Gasteiger partial charge in [-0.15, -0.1) is 0 Å². The summed E-state index contributed by atoms with van der Waals surface area (Å²) in [5.41, 5.74) is 1.17. The van der Waals surface area contributed by atoms with Crippen LogP contribution in [0.25, 0.3) is 16.8 Å². The van der Waals surface area contributed by atoms with Crippen molar-refractivity contribution >= 4 is 16.8 Å². The maximum absolute atomic E-state index is 5.44. The summed E-state index contributed by atoms with van der Waals surface area (Å²) >= 11 is 0. The minimum absolute atomic E-state index is 0.719. The summed E-state index contributed by atoms with van der Waals surface area (Å²) in [6, 6.07) is 14.8. The van der Waals surface area contributed by atoms with Crippen LogP contribution in [0.15, 0.2) is 48.7 Å². The second kappa shape index (κ2) is 6.22. The highest BCUT2D eigenvalue weighted by atomic mass is 16.5. The van der Waals surface area contributed by atoms with Crippen molar-refractivity contribution in [2.75, 3.05) is 27.2 Å². The van der Waals surface area contributed by atoms with Gasteiger partial charge in [-0.05, 0) is 42.6 Å². The van der Waals surface area contributed by atoms with E-state index in [-0.39, 0.29) is 0 Å². The predicted molar refractivity (Wildman–Crippen MR) is 77.5 cm³/mol. The number of hydrogen-bond acceptors (Lipinski definition) is 2. The van der Waals surface area contributed by atoms with Crippen LogP contribution in [-0.2, 0) is 4.74 Å². The lowest BCUT2D eigenvalue weighted by Gasteiger charge is -2.07. The van der Waals surface area contributed by atoms with Gasteiger partial charge in [-0.1, -0.05) is 36.4 Å². The molecule has 2 aromatic carbocycles. The Morgan fingerprint density at radius 3 is 2.61 bits per heavy atom. The van der Waals surface area contributed by atoms with E-state index in [2.05, 4.69) is 47.4 Å². The highest BCUT2D eigenvalue weighted by Crippen LogP contribution is 2.16. The van der Waals surface area contributed by atoms with Gasteiger partial charge in [0.2, 0.25) is 0 Å². The van der Waals surface area contributed by atoms with Crippen molar-refractivity contribution in [3.8, 4) is 0 Å². The first-order valence-corrected chi connectivity index (χ1v) is 6.17. The zero-order valence-corrected chi connectivity index (χ0v) is 11.0. The molecule has 0 fully saturated rings. The molecular formula is C16H19NO. The maximum atomic E-state index is 5.44. The quantitative estimate of drug-likeness (QED) is 0.587. The molecule has 2 nitrogen and oxygen atoms in total. The first kappa shape index (κ1) is 12.7. The summed E-state index contributed by atoms with van der Waals surface area (Å²) in [4.78, 5) is 2.10. The van der Waals surface area contributed by atoms with Crippen LogP contribution in [0.4, 0.5) is 0 Å². The van der Waals surface area contributed by atoms with E-state index in [9.17, 15) is 0 Å². The summed E-state index contributed by atoms with van der Waals surface area (Å²) in [5.74, 6) is 0. The molecule has 0 radical (unpaired) electrons. The normalized spacial score (nSPS) is 11.5. The molecule has 0 bridgehead atoms. The lowest BCUT2D eigenvalue weighted by molar-refractivity contribution is 0.214. The fraction of sp³-hybridized carbons (Fsp3) is 0.250. The van der Waals surface area contributed by atoms with Crippen molar-refractivity contribution in [2.45, 2.75) is 0 Å². The van der Waals surface area contributed by atoms with Crippen LogP contribution >= 0.6 is 0 Å². The largest absolute Gasteiger partial charge is 0.500 e. The van der Waals surface area contributed by atoms with Gasteiger partial charge in [0.25, 0.3) is 0 Å². The third-order valence-corrected chi connectivity index (χ3v) is 2.79. The van der Waals surface area contributed by atoms with Crippen LogP contribution in [0.5, 0.6) is 0 Å². The van der Waals surface area contributed by atoms with E-state index >= 15 is 0 Å². The molecule has 0 atom stereocenters. The molecule has 0 unspecified atom stereocenters. The third kappa shape index (κ3) is 3.60. The fourth-order valence-electron chi connectivity index (χ4n) is 1.74. The second-order valence-corrected chi connectivity index (χ2v) is 4.58. The van der Waals surface area contributed by atoms with Gasteiger partial charge in [0.15, 0.2) is 0 Å². The molecule has 0 aliphatic heterocycles. The minimum atomic E-state index is 0.719. The molecule has 0 spiro atoms. The van der Waals surface area contributed by atoms with Gasteiger partial charge >= 0.3 is 0 Å². The number of fused-ring (bicyclic) bond motifs is 1. The lowest BCUT2D eigenvalue weighted by atomic mass is 10.1. The molecule has 0 aromatic heterocycles. The summed E-state index contributed by atoms with van der Waals surface area (Å²) in [6.45, 7) is 1.65. The Kier molecular flexibility index (Phi) is 4.37. The minimum Gasteiger partial charge on any atom is -0.500 e. The fourth-order valence-corrected chi connectivity index (χ4v) is 1.74. The summed E-state index contributed by atoms with van der Waals surface area (Å²) in [5, 5.41) is 2.52. The monoisotopic (exact) mass is 241 g/mol. The van der Waals surface area contributed by atoms with Gasteiger partial charge in [0, 0.05) is 6.54 Å². The Balaban J connectivity index is 1.97. The van der Waals surface area contributed by atoms with Gasteiger partial charge in [-0.25, -0.2) is 0 Å². The van der Waals surface area contributed by atoms with Crippen LogP contribution in [0.1, 0.15) is 5.56 Å². The van der Waals surface area contributed by atoms with Gasteiger partial charge in [-0.3, -0.25) is 0 Å². The molecule has 18 heavy (non-hydrogen) atoms. The number of likely N-dealkylation sites (N-methyl/N-ethyl adjacent to an activating group) is 1. The van der Waals surface area contributed by atoms with Crippen LogP contribution in [-0.4, -0.2) is 32.1 Å². The van der Waals surface area contributed by atoms with Crippen molar-refractivity contribution < 1.29 is 4.74 Å². The van der Waals surface area contributed by atoms with E-state index in [1.165, 1.54) is 16.3 Å². The van der Waals surface area contributed by atoms with Crippen molar-refractivity contribution in [3.63, 3.8) is 0 Å². The van der Waals surface area contributed by atoms with Crippen LogP contribution in [0.3, 0.4) is 0 Å². The Labute approximate surface area is 108 Å². The van der Waals surface area contributed by atoms with Crippen molar-refractivity contribution in [2.24, 2.45) is 0 Å². The molecule has 2 heteroatoms. The molecular weight excluding hydrogens is 222 g/mol. The lowest BCUT2D eigenvalue weighted by Crippen LogP contribution is -2.16. The van der Waals surface area contributed by atoms with E-state index in [4.69, 9.17) is 4.74 Å². The van der Waals surface area contributed by atoms with Crippen molar-refractivity contribution in [3.05, 3.63) is 54.3 Å². The Hall–Kier alpha value is -1.80. The van der Waals surface area contributed by atoms with E-state index in [0.29, 0.717) is 0 Å². The average Bonchev–Trinajstić information content (AvgIpc) is 2.38. The third-order valence-electron chi connectivity index (χ3n) is 2.79. The van der Waals surface area contributed by atoms with Gasteiger partial charge < -0.3 is 9.64 Å². The van der Waals surface area contributed by atoms with Crippen LogP contribution < -0.4 is 0 Å². The molecule has 0 aliphatic rings. The number of nitrogens with zero attached hydrogens (tertiary/aromatic N) is 1. The zero-order valence-electron chi connectivity index (χ0n) is 11.0. The number of benzene rings is 2. The second-order valence-electron chi connectivity index (χ2n) is 4.58. The topological polar surface area (TPSA) is 12.5 Å². The van der Waals surface area contributed by atoms with E-state index in [1.807, 2.05) is 20.2 Å². The summed E-state index contributed by atoms with van der Waals surface area (Å²) < 4.78 is 5.44. The van der Waals surface area contributed by atoms with Gasteiger partial charge in [0.05, 0.1) is 12.9 Å². The highest BCUT2D eigenvalue weighted by Gasteiger charge is 1.93. The SMILES string of the molecule is CN(C)CCO/C=C/c1ccc2ccccc2c1. The molecule has 94 valence electrons. The number of ether oxygens (including phenoxy) is 1. The molecule has 0 amide bonds. The number of rotatable bonds is 5. The smallest absolute Gasteiger partial charge is 0.0999 e. The first-order valence-electron chi connectivity index (χ1n) is 6.17. The van der Waals surface area contributed by atoms with Gasteiger partial charge in [-0.2, -0.15) is 0 Å². The van der Waals surface area contributed by atoms with Crippen molar-refractivity contribution in [1.29, 1.82) is 0 Å². The molecule has 0 saturated heterocycles. The Bertz CT molecular complexity index is 531. The summed E-state index contributed by atoms with van der Waals surface area (Å²) in [7, 11) is 4.08. The summed E-state index contributed by atoms with van der Waals surface area (Å²) in [6.07, 6.45) is 3.77. The number of hydrogen-bond donors (Lipinski definition) is 0. The maximum Gasteiger partial charge on any atom is 0.0999 e. The highest BCUT2D eigenvalue weighted by molar-refractivity contribution is 5.84. The standard InChI is InChI=1S/C16H19NO/c1-17(2)10-12-18-11-9-14-7-8-15-5-3-4-6-16(15)13-14/h3-9,11,13H,10,12H2,1-2H3/b11-9+. The Morgan fingerprint density at radius 1 is 1.06 bits per heavy atom. The van der Waals surface area contributed by atoms with E-state index in [0.717, 1.165) is 13.2 Å². The first-order chi connectivity index (χ1) is 8.75. The molecule has 2 aromatic rings. The molecule has 0 aliphatic carbocycles. The molecule has 0 saturated carbocycles. The van der Waals surface area contributed by atoms with Crippen molar-refractivity contribution in [1.82, 2.24) is 4.90 Å². The zero-order chi connectivity index (χ0) is 12.8. The van der Waals surface area contributed by atoms with E-state index < -0.39 is 0 Å². The molecule has 0 N–H and O–H groups in total. The van der Waals surface area contributed by atoms with Crippen LogP contribution in [0.2, 0.25) is 0 Å². The predicted octanol–water partition coefficient (Wildman–Crippen LogP) is 3.39. The van der Waals surface area contributed by atoms with E-state index in [1.54, 1.807) is 6.26 Å². The Morgan fingerprint density at radius 2 is 1.83 bits per heavy atom.